The van der Waals surface area contributed by atoms with E-state index in [9.17, 15) is 4.79 Å². The van der Waals surface area contributed by atoms with E-state index in [-0.39, 0.29) is 5.91 Å². The van der Waals surface area contributed by atoms with E-state index in [1.807, 2.05) is 6.07 Å². The average molecular weight is 245 g/mol. The summed E-state index contributed by atoms with van der Waals surface area (Å²) in [7, 11) is 0. The molecule has 1 aliphatic heterocycles. The Morgan fingerprint density at radius 3 is 2.83 bits per heavy atom. The van der Waals surface area contributed by atoms with Crippen LogP contribution < -0.4 is 11.1 Å². The maximum Gasteiger partial charge on any atom is 0.244 e. The SMILES string of the molecule is N#Cc1cccc(NC(=O)C2(N)CCOCC2)c1. The molecule has 1 saturated heterocycles. The fraction of sp³-hybridized carbons (Fsp3) is 0.385. The molecule has 1 heterocycles. The minimum absolute atomic E-state index is 0.221. The van der Waals surface area contributed by atoms with E-state index < -0.39 is 5.54 Å². The van der Waals surface area contributed by atoms with E-state index in [0.29, 0.717) is 37.3 Å². The molecule has 1 aromatic rings. The molecule has 0 saturated carbocycles. The number of anilines is 1. The Morgan fingerprint density at radius 1 is 1.44 bits per heavy atom. The van der Waals surface area contributed by atoms with Gasteiger partial charge in [-0.2, -0.15) is 5.26 Å². The van der Waals surface area contributed by atoms with Gasteiger partial charge in [0.1, 0.15) is 5.54 Å². The highest BCUT2D eigenvalue weighted by Crippen LogP contribution is 2.20. The monoisotopic (exact) mass is 245 g/mol. The molecule has 0 spiro atoms. The predicted octanol–water partition coefficient (Wildman–Crippen LogP) is 1.00. The van der Waals surface area contributed by atoms with Gasteiger partial charge in [-0.1, -0.05) is 6.07 Å². The van der Waals surface area contributed by atoms with Gasteiger partial charge in [0.25, 0.3) is 0 Å². The quantitative estimate of drug-likeness (QED) is 0.813. The molecule has 1 fully saturated rings. The first-order valence-corrected chi connectivity index (χ1v) is 5.82. The van der Waals surface area contributed by atoms with Gasteiger partial charge in [0.05, 0.1) is 11.6 Å². The summed E-state index contributed by atoms with van der Waals surface area (Å²) in [5.41, 5.74) is 6.29. The van der Waals surface area contributed by atoms with Crippen molar-refractivity contribution in [2.24, 2.45) is 5.73 Å². The molecule has 0 atom stereocenters. The number of rotatable bonds is 2. The maximum absolute atomic E-state index is 12.1. The lowest BCUT2D eigenvalue weighted by molar-refractivity contribution is -0.124. The third kappa shape index (κ3) is 2.67. The van der Waals surface area contributed by atoms with Crippen LogP contribution in [0.3, 0.4) is 0 Å². The zero-order chi connectivity index (χ0) is 13.0. The molecule has 5 heteroatoms. The molecule has 0 aromatic heterocycles. The first-order valence-electron chi connectivity index (χ1n) is 5.82. The topological polar surface area (TPSA) is 88.1 Å². The second-order valence-corrected chi connectivity index (χ2v) is 4.42. The molecule has 0 unspecified atom stereocenters. The lowest BCUT2D eigenvalue weighted by Crippen LogP contribution is -2.54. The number of hydrogen-bond donors (Lipinski definition) is 2. The molecule has 3 N–H and O–H groups in total. The Morgan fingerprint density at radius 2 is 2.17 bits per heavy atom. The smallest absolute Gasteiger partial charge is 0.244 e. The van der Waals surface area contributed by atoms with Gasteiger partial charge in [-0.25, -0.2) is 0 Å². The molecule has 94 valence electrons. The van der Waals surface area contributed by atoms with Crippen LogP contribution in [0.1, 0.15) is 18.4 Å². The van der Waals surface area contributed by atoms with Gasteiger partial charge in [-0.3, -0.25) is 4.79 Å². The molecular weight excluding hydrogens is 230 g/mol. The maximum atomic E-state index is 12.1. The van der Waals surface area contributed by atoms with Crippen molar-refractivity contribution < 1.29 is 9.53 Å². The van der Waals surface area contributed by atoms with E-state index in [1.54, 1.807) is 24.3 Å². The molecule has 5 nitrogen and oxygen atoms in total. The summed E-state index contributed by atoms with van der Waals surface area (Å²) in [5.74, 6) is -0.221. The van der Waals surface area contributed by atoms with Crippen LogP contribution in [-0.4, -0.2) is 24.7 Å². The Labute approximate surface area is 106 Å². The van der Waals surface area contributed by atoms with E-state index >= 15 is 0 Å². The van der Waals surface area contributed by atoms with Crippen LogP contribution in [-0.2, 0) is 9.53 Å². The predicted molar refractivity (Wildman–Crippen MR) is 66.8 cm³/mol. The summed E-state index contributed by atoms with van der Waals surface area (Å²) in [5, 5.41) is 11.5. The van der Waals surface area contributed by atoms with Crippen molar-refractivity contribution in [1.29, 1.82) is 5.26 Å². The third-order valence-electron chi connectivity index (χ3n) is 3.09. The summed E-state index contributed by atoms with van der Waals surface area (Å²) in [6.45, 7) is 1.00. The first kappa shape index (κ1) is 12.6. The Bertz CT molecular complexity index is 487. The second-order valence-electron chi connectivity index (χ2n) is 4.42. The molecule has 1 amide bonds. The fourth-order valence-electron chi connectivity index (χ4n) is 1.88. The summed E-state index contributed by atoms with van der Waals surface area (Å²) < 4.78 is 5.20. The van der Waals surface area contributed by atoms with Gasteiger partial charge in [-0.15, -0.1) is 0 Å². The minimum Gasteiger partial charge on any atom is -0.381 e. The lowest BCUT2D eigenvalue weighted by Gasteiger charge is -2.31. The van der Waals surface area contributed by atoms with Crippen LogP contribution in [0.25, 0.3) is 0 Å². The molecule has 18 heavy (non-hydrogen) atoms. The van der Waals surface area contributed by atoms with E-state index in [4.69, 9.17) is 15.7 Å². The molecule has 1 aliphatic rings. The van der Waals surface area contributed by atoms with Crippen LogP contribution in [0.15, 0.2) is 24.3 Å². The fourth-order valence-corrected chi connectivity index (χ4v) is 1.88. The van der Waals surface area contributed by atoms with Gasteiger partial charge in [0.2, 0.25) is 5.91 Å². The standard InChI is InChI=1S/C13H15N3O2/c14-9-10-2-1-3-11(8-10)16-12(17)13(15)4-6-18-7-5-13/h1-3,8H,4-7,15H2,(H,16,17). The highest BCUT2D eigenvalue weighted by molar-refractivity contribution is 5.98. The van der Waals surface area contributed by atoms with Crippen LogP contribution in [0.4, 0.5) is 5.69 Å². The number of carbonyl (C=O) groups is 1. The zero-order valence-corrected chi connectivity index (χ0v) is 9.98. The molecule has 0 aliphatic carbocycles. The number of nitrogens with one attached hydrogen (secondary N) is 1. The Kier molecular flexibility index (Phi) is 3.60. The highest BCUT2D eigenvalue weighted by atomic mass is 16.5. The number of nitriles is 1. The van der Waals surface area contributed by atoms with Gasteiger partial charge >= 0.3 is 0 Å². The molecule has 0 radical (unpaired) electrons. The van der Waals surface area contributed by atoms with E-state index in [2.05, 4.69) is 5.32 Å². The molecular formula is C13H15N3O2. The van der Waals surface area contributed by atoms with Crippen LogP contribution in [0.5, 0.6) is 0 Å². The van der Waals surface area contributed by atoms with Crippen molar-refractivity contribution in [3.05, 3.63) is 29.8 Å². The number of carbonyl (C=O) groups excluding carboxylic acids is 1. The molecule has 1 aromatic carbocycles. The number of nitrogens with two attached hydrogens (primary N) is 1. The first-order chi connectivity index (χ1) is 8.64. The van der Waals surface area contributed by atoms with Crippen LogP contribution >= 0.6 is 0 Å². The largest absolute Gasteiger partial charge is 0.381 e. The summed E-state index contributed by atoms with van der Waals surface area (Å²) >= 11 is 0. The van der Waals surface area contributed by atoms with Crippen molar-refractivity contribution in [3.8, 4) is 6.07 Å². The molecule has 0 bridgehead atoms. The van der Waals surface area contributed by atoms with Crippen LogP contribution in [0.2, 0.25) is 0 Å². The van der Waals surface area contributed by atoms with Crippen molar-refractivity contribution in [2.75, 3.05) is 18.5 Å². The van der Waals surface area contributed by atoms with Crippen molar-refractivity contribution in [3.63, 3.8) is 0 Å². The van der Waals surface area contributed by atoms with Gasteiger partial charge in [0, 0.05) is 18.9 Å². The van der Waals surface area contributed by atoms with E-state index in [1.165, 1.54) is 0 Å². The zero-order valence-electron chi connectivity index (χ0n) is 9.98. The molecule has 2 rings (SSSR count). The van der Waals surface area contributed by atoms with Gasteiger partial charge in [0.15, 0.2) is 0 Å². The summed E-state index contributed by atoms with van der Waals surface area (Å²) in [6.07, 6.45) is 1.02. The van der Waals surface area contributed by atoms with Crippen molar-refractivity contribution >= 4 is 11.6 Å². The van der Waals surface area contributed by atoms with Gasteiger partial charge in [-0.05, 0) is 31.0 Å². The second kappa shape index (κ2) is 5.17. The number of hydrogen-bond acceptors (Lipinski definition) is 4. The number of amides is 1. The van der Waals surface area contributed by atoms with Crippen LogP contribution in [0, 0.1) is 11.3 Å². The number of nitrogens with zero attached hydrogens (tertiary/aromatic N) is 1. The number of benzene rings is 1. The minimum atomic E-state index is -0.874. The third-order valence-corrected chi connectivity index (χ3v) is 3.09. The highest BCUT2D eigenvalue weighted by Gasteiger charge is 2.35. The average Bonchev–Trinajstić information content (AvgIpc) is 2.40. The van der Waals surface area contributed by atoms with Gasteiger partial charge < -0.3 is 15.8 Å². The normalized spacial score (nSPS) is 17.8. The Balaban J connectivity index is 2.08. The number of ether oxygens (including phenoxy) is 1. The van der Waals surface area contributed by atoms with E-state index in [0.717, 1.165) is 0 Å². The van der Waals surface area contributed by atoms with Crippen molar-refractivity contribution in [1.82, 2.24) is 0 Å². The van der Waals surface area contributed by atoms with Crippen molar-refractivity contribution in [2.45, 2.75) is 18.4 Å². The Hall–Kier alpha value is -1.90. The summed E-state index contributed by atoms with van der Waals surface area (Å²) in [4.78, 5) is 12.1. The summed E-state index contributed by atoms with van der Waals surface area (Å²) in [6, 6.07) is 8.80. The lowest BCUT2D eigenvalue weighted by atomic mass is 9.90.